The molecular formula is C28H35NO5. The number of nitrogens with one attached hydrogen (secondary N) is 1. The van der Waals surface area contributed by atoms with Crippen LogP contribution in [0.25, 0.3) is 0 Å². The molecule has 2 aromatic carbocycles. The first-order valence-electron chi connectivity index (χ1n) is 12.1. The van der Waals surface area contributed by atoms with Gasteiger partial charge in [-0.3, -0.25) is 4.79 Å². The Labute approximate surface area is 202 Å². The largest absolute Gasteiger partial charge is 0.458 e. The molecule has 1 fully saturated rings. The van der Waals surface area contributed by atoms with E-state index in [1.807, 2.05) is 12.1 Å². The molecule has 0 aliphatic heterocycles. The summed E-state index contributed by atoms with van der Waals surface area (Å²) in [4.78, 5) is 38.0. The third kappa shape index (κ3) is 6.69. The van der Waals surface area contributed by atoms with Crippen molar-refractivity contribution in [2.75, 3.05) is 11.9 Å². The zero-order valence-electron chi connectivity index (χ0n) is 20.5. The summed E-state index contributed by atoms with van der Waals surface area (Å²) < 4.78 is 11.1. The highest BCUT2D eigenvalue weighted by Gasteiger charge is 2.34. The molecule has 1 amide bonds. The third-order valence-electron chi connectivity index (χ3n) is 6.57. The Bertz CT molecular complexity index is 998. The van der Waals surface area contributed by atoms with Gasteiger partial charge in [0.2, 0.25) is 0 Å². The van der Waals surface area contributed by atoms with Crippen LogP contribution < -0.4 is 5.32 Å². The molecule has 3 atom stereocenters. The Morgan fingerprint density at radius 1 is 0.971 bits per heavy atom. The first kappa shape index (κ1) is 25.5. The number of aryl methyl sites for hydroxylation is 1. The van der Waals surface area contributed by atoms with E-state index in [-0.39, 0.29) is 17.2 Å². The lowest BCUT2D eigenvalue weighted by atomic mass is 9.75. The zero-order chi connectivity index (χ0) is 24.7. The second kappa shape index (κ2) is 11.8. The van der Waals surface area contributed by atoms with Crippen molar-refractivity contribution in [1.82, 2.24) is 0 Å². The first-order valence-corrected chi connectivity index (χ1v) is 12.1. The molecule has 0 unspecified atom stereocenters. The highest BCUT2D eigenvalue weighted by Crippen LogP contribution is 2.35. The van der Waals surface area contributed by atoms with E-state index >= 15 is 0 Å². The van der Waals surface area contributed by atoms with Gasteiger partial charge in [0.25, 0.3) is 5.91 Å². The fourth-order valence-corrected chi connectivity index (χ4v) is 4.52. The van der Waals surface area contributed by atoms with Gasteiger partial charge in [-0.25, -0.2) is 9.59 Å². The lowest BCUT2D eigenvalue weighted by Gasteiger charge is -2.36. The number of esters is 2. The number of carbonyl (C=O) groups is 3. The Morgan fingerprint density at radius 2 is 1.62 bits per heavy atom. The van der Waals surface area contributed by atoms with Crippen LogP contribution in [0.1, 0.15) is 73.2 Å². The SMILES string of the molecule is CCc1ccc(NC(=O)COC(=O)c2ccccc2C(=O)O[C@@H]2C[C@H](C)CC[C@H]2C(C)C)cc1. The lowest BCUT2D eigenvalue weighted by molar-refractivity contribution is -0.119. The molecule has 1 saturated carbocycles. The number of carbonyl (C=O) groups excluding carboxylic acids is 3. The second-order valence-corrected chi connectivity index (χ2v) is 9.49. The van der Waals surface area contributed by atoms with Gasteiger partial charge in [0.1, 0.15) is 6.10 Å². The molecule has 34 heavy (non-hydrogen) atoms. The van der Waals surface area contributed by atoms with Crippen LogP contribution in [0.3, 0.4) is 0 Å². The lowest BCUT2D eigenvalue weighted by Crippen LogP contribution is -2.36. The Morgan fingerprint density at radius 3 is 2.24 bits per heavy atom. The number of anilines is 1. The summed E-state index contributed by atoms with van der Waals surface area (Å²) in [5.41, 5.74) is 2.04. The monoisotopic (exact) mass is 465 g/mol. The van der Waals surface area contributed by atoms with E-state index in [1.165, 1.54) is 6.07 Å². The maximum Gasteiger partial charge on any atom is 0.339 e. The molecule has 1 N–H and O–H groups in total. The quantitative estimate of drug-likeness (QED) is 0.509. The molecule has 6 nitrogen and oxygen atoms in total. The van der Waals surface area contributed by atoms with Gasteiger partial charge in [-0.15, -0.1) is 0 Å². The van der Waals surface area contributed by atoms with Crippen LogP contribution >= 0.6 is 0 Å². The van der Waals surface area contributed by atoms with E-state index in [4.69, 9.17) is 9.47 Å². The minimum atomic E-state index is -0.735. The molecular weight excluding hydrogens is 430 g/mol. The minimum absolute atomic E-state index is 0.0950. The predicted molar refractivity (Wildman–Crippen MR) is 132 cm³/mol. The van der Waals surface area contributed by atoms with Gasteiger partial charge in [-0.1, -0.05) is 58.4 Å². The van der Waals surface area contributed by atoms with Crippen molar-refractivity contribution in [3.05, 3.63) is 65.2 Å². The molecule has 0 spiro atoms. The summed E-state index contributed by atoms with van der Waals surface area (Å²) in [5.74, 6) is -0.519. The molecule has 3 rings (SSSR count). The second-order valence-electron chi connectivity index (χ2n) is 9.49. The molecule has 2 aromatic rings. The summed E-state index contributed by atoms with van der Waals surface area (Å²) in [5, 5.41) is 2.70. The van der Waals surface area contributed by atoms with Gasteiger partial charge in [0, 0.05) is 5.69 Å². The van der Waals surface area contributed by atoms with E-state index in [0.717, 1.165) is 31.2 Å². The molecule has 182 valence electrons. The van der Waals surface area contributed by atoms with E-state index in [1.54, 1.807) is 30.3 Å². The summed E-state index contributed by atoms with van der Waals surface area (Å²) in [6.07, 6.45) is 3.71. The molecule has 0 heterocycles. The van der Waals surface area contributed by atoms with Crippen molar-refractivity contribution in [3.8, 4) is 0 Å². The van der Waals surface area contributed by atoms with Crippen LogP contribution in [0.5, 0.6) is 0 Å². The fraction of sp³-hybridized carbons (Fsp3) is 0.464. The summed E-state index contributed by atoms with van der Waals surface area (Å²) >= 11 is 0. The molecule has 1 aliphatic rings. The average molecular weight is 466 g/mol. The molecule has 6 heteroatoms. The Hall–Kier alpha value is -3.15. The molecule has 0 saturated heterocycles. The average Bonchev–Trinajstić information content (AvgIpc) is 2.83. The highest BCUT2D eigenvalue weighted by molar-refractivity contribution is 6.04. The first-order chi connectivity index (χ1) is 16.3. The fourth-order valence-electron chi connectivity index (χ4n) is 4.52. The Balaban J connectivity index is 1.62. The summed E-state index contributed by atoms with van der Waals surface area (Å²) in [7, 11) is 0. The summed E-state index contributed by atoms with van der Waals surface area (Å²) in [6, 6.07) is 13.9. The maximum atomic E-state index is 13.0. The highest BCUT2D eigenvalue weighted by atomic mass is 16.5. The van der Waals surface area contributed by atoms with Crippen molar-refractivity contribution < 1.29 is 23.9 Å². The predicted octanol–water partition coefficient (Wildman–Crippen LogP) is 5.66. The zero-order valence-corrected chi connectivity index (χ0v) is 20.5. The topological polar surface area (TPSA) is 81.7 Å². The molecule has 0 bridgehead atoms. The van der Waals surface area contributed by atoms with Crippen molar-refractivity contribution in [2.24, 2.45) is 17.8 Å². The Kier molecular flexibility index (Phi) is 8.85. The molecule has 0 aromatic heterocycles. The number of ether oxygens (including phenoxy) is 2. The normalized spacial score (nSPS) is 20.0. The van der Waals surface area contributed by atoms with Gasteiger partial charge < -0.3 is 14.8 Å². The van der Waals surface area contributed by atoms with Gasteiger partial charge >= 0.3 is 11.9 Å². The van der Waals surface area contributed by atoms with Crippen molar-refractivity contribution in [3.63, 3.8) is 0 Å². The van der Waals surface area contributed by atoms with Crippen LogP contribution in [-0.4, -0.2) is 30.6 Å². The summed E-state index contributed by atoms with van der Waals surface area (Å²) in [6.45, 7) is 8.07. The van der Waals surface area contributed by atoms with Crippen molar-refractivity contribution >= 4 is 23.5 Å². The molecule has 1 aliphatic carbocycles. The van der Waals surface area contributed by atoms with E-state index < -0.39 is 24.5 Å². The van der Waals surface area contributed by atoms with Gasteiger partial charge in [0.05, 0.1) is 11.1 Å². The van der Waals surface area contributed by atoms with Crippen LogP contribution in [-0.2, 0) is 20.7 Å². The van der Waals surface area contributed by atoms with Crippen LogP contribution in [0, 0.1) is 17.8 Å². The number of hydrogen-bond acceptors (Lipinski definition) is 5. The van der Waals surface area contributed by atoms with Crippen molar-refractivity contribution in [1.29, 1.82) is 0 Å². The van der Waals surface area contributed by atoms with E-state index in [0.29, 0.717) is 23.4 Å². The van der Waals surface area contributed by atoms with Crippen LogP contribution in [0.2, 0.25) is 0 Å². The van der Waals surface area contributed by atoms with Gasteiger partial charge in [0.15, 0.2) is 6.61 Å². The van der Waals surface area contributed by atoms with E-state index in [2.05, 4.69) is 33.0 Å². The van der Waals surface area contributed by atoms with Gasteiger partial charge in [-0.05, 0) is 66.8 Å². The van der Waals surface area contributed by atoms with Crippen molar-refractivity contribution in [2.45, 2.75) is 59.5 Å². The number of benzene rings is 2. The number of hydrogen-bond donors (Lipinski definition) is 1. The number of rotatable bonds is 8. The molecule has 0 radical (unpaired) electrons. The van der Waals surface area contributed by atoms with Crippen LogP contribution in [0.4, 0.5) is 5.69 Å². The minimum Gasteiger partial charge on any atom is -0.458 e. The third-order valence-corrected chi connectivity index (χ3v) is 6.57. The van der Waals surface area contributed by atoms with E-state index in [9.17, 15) is 14.4 Å². The van der Waals surface area contributed by atoms with Gasteiger partial charge in [-0.2, -0.15) is 0 Å². The maximum absolute atomic E-state index is 13.0. The smallest absolute Gasteiger partial charge is 0.339 e. The van der Waals surface area contributed by atoms with Crippen LogP contribution in [0.15, 0.2) is 48.5 Å². The standard InChI is InChI=1S/C28H35NO5/c1-5-20-11-13-21(14-12-20)29-26(30)17-33-27(31)23-8-6-7-9-24(23)28(32)34-25-16-19(4)10-15-22(25)18(2)3/h6-9,11-14,18-19,22,25H,5,10,15-17H2,1-4H3,(H,29,30)/t19-,22+,25-/m1/s1. The number of amides is 1.